The number of phenolic OH excluding ortho intramolecular Hbond substituents is 2. The molecule has 4 aromatic carbocycles. The van der Waals surface area contributed by atoms with Crippen LogP contribution < -0.4 is 9.47 Å². The number of benzene rings is 4. The number of rotatable bonds is 20. The van der Waals surface area contributed by atoms with Gasteiger partial charge in [0, 0.05) is 37.1 Å². The van der Waals surface area contributed by atoms with Gasteiger partial charge in [0.05, 0.1) is 111 Å². The van der Waals surface area contributed by atoms with Crippen LogP contribution in [0, 0.1) is 13.8 Å². The molecule has 8 aromatic rings. The summed E-state index contributed by atoms with van der Waals surface area (Å²) in [6.45, 7) is 2.43. The van der Waals surface area contributed by atoms with Gasteiger partial charge in [0.25, 0.3) is 0 Å². The largest absolute Gasteiger partial charge is 0.507 e. The predicted octanol–water partition coefficient (Wildman–Crippen LogP) is 8.12. The molecule has 1 aliphatic carbocycles. The Kier molecular flexibility index (Phi) is 19.7. The van der Waals surface area contributed by atoms with Gasteiger partial charge >= 0.3 is 47.8 Å². The first kappa shape index (κ1) is 64.9. The second-order valence-corrected chi connectivity index (χ2v) is 21.8. The van der Waals surface area contributed by atoms with Crippen LogP contribution in [0.5, 0.6) is 23.0 Å². The molecule has 8 bridgehead atoms. The fraction of sp³-hybridized carbons (Fsp3) is 0.235. The fourth-order valence-corrected chi connectivity index (χ4v) is 11.1. The van der Waals surface area contributed by atoms with Crippen molar-refractivity contribution in [3.05, 3.63) is 209 Å². The Balaban J connectivity index is 1.26. The summed E-state index contributed by atoms with van der Waals surface area (Å²) in [7, 11) is 4.79. The first-order valence-corrected chi connectivity index (χ1v) is 28.3. The number of ether oxygens (including phenoxy) is 6. The van der Waals surface area contributed by atoms with Gasteiger partial charge < -0.3 is 59.1 Å². The van der Waals surface area contributed by atoms with Gasteiger partial charge in [0.1, 0.15) is 36.2 Å². The molecule has 0 saturated heterocycles. The van der Waals surface area contributed by atoms with E-state index in [1.165, 1.54) is 126 Å². The van der Waals surface area contributed by atoms with Gasteiger partial charge in [-0.25, -0.2) is 29.1 Å². The number of phenols is 2. The number of esters is 4. The Bertz CT molecular complexity index is 3980. The lowest BCUT2D eigenvalue weighted by molar-refractivity contribution is -0.137. The maximum absolute atomic E-state index is 13.3. The second-order valence-electron chi connectivity index (χ2n) is 21.8. The summed E-state index contributed by atoms with van der Waals surface area (Å²) in [5, 5.41) is 66.3. The van der Waals surface area contributed by atoms with E-state index in [9.17, 15) is 69.0 Å². The number of aryl methyl sites for hydroxylation is 2. The number of carbonyl (C=O) groups excluding carboxylic acids is 4. The number of carboxylic acid groups (broad SMARTS) is 4. The lowest BCUT2D eigenvalue weighted by atomic mass is 9.87. The van der Waals surface area contributed by atoms with Gasteiger partial charge in [0.15, 0.2) is 0 Å². The number of hydrogen-bond donors (Lipinski definition) is 6. The van der Waals surface area contributed by atoms with Crippen LogP contribution >= 0.6 is 0 Å². The Hall–Kier alpha value is -11.6. The van der Waals surface area contributed by atoms with Crippen molar-refractivity contribution in [1.82, 2.24) is 19.9 Å². The lowest BCUT2D eigenvalue weighted by Crippen LogP contribution is -2.12. The molecule has 0 unspecified atom stereocenters. The summed E-state index contributed by atoms with van der Waals surface area (Å²) >= 11 is 0. The van der Waals surface area contributed by atoms with Crippen molar-refractivity contribution in [2.24, 2.45) is 0 Å². The second kappa shape index (κ2) is 27.9. The average Bonchev–Trinajstić information content (AvgIpc) is 0.842. The molecule has 472 valence electrons. The van der Waals surface area contributed by atoms with Crippen LogP contribution in [-0.2, 0) is 103 Å². The molecule has 0 spiro atoms. The highest BCUT2D eigenvalue weighted by molar-refractivity contribution is 5.93. The van der Waals surface area contributed by atoms with E-state index >= 15 is 0 Å². The zero-order valence-corrected chi connectivity index (χ0v) is 50.5. The zero-order chi connectivity index (χ0) is 66.2. The van der Waals surface area contributed by atoms with Crippen molar-refractivity contribution in [3.8, 4) is 45.8 Å². The molecule has 0 aliphatic heterocycles. The van der Waals surface area contributed by atoms with Gasteiger partial charge in [0.2, 0.25) is 0 Å². The standard InChI is InChI=1S/C68H60N4O20/c1-33-7-47(65(83)87-3)27-53(69-33)55-29-49(67(85)89-5)25-51(71-55)31-91-63-43-13-37(19-59(77)78)14-44(63)22-40-10-36(18-58(75)76)12-42(62(40)82)24-46-16-38(20-60(79)80)15-45(23-41-11-35(17-57(73)74)9-39(21-43)61(41)81)64(46)92-32-52-26-50(68(86)90-6)30-56(72-52)54-28-48(66(84)88-4)8-34(2)70-54/h7-16,25-30,81-82H,17-24,31-32H2,1-6H3,(H,73,74)(H,75,76)(H,77,78)(H,79,80). The number of pyridine rings is 4. The summed E-state index contributed by atoms with van der Waals surface area (Å²) in [6.07, 6.45) is -3.39. The average molecular weight is 1250 g/mol. The van der Waals surface area contributed by atoms with E-state index in [4.69, 9.17) is 38.4 Å². The van der Waals surface area contributed by atoms with Crippen LogP contribution in [0.25, 0.3) is 22.8 Å². The number of carboxylic acids is 4. The third-order valence-electron chi connectivity index (χ3n) is 14.8. The molecule has 9 rings (SSSR count). The molecule has 24 heteroatoms. The summed E-state index contributed by atoms with van der Waals surface area (Å²) in [6, 6.07) is 23.4. The van der Waals surface area contributed by atoms with Crippen LogP contribution in [0.2, 0.25) is 0 Å². The van der Waals surface area contributed by atoms with Crippen molar-refractivity contribution in [1.29, 1.82) is 0 Å². The molecule has 0 amide bonds. The summed E-state index contributed by atoms with van der Waals surface area (Å²) in [5.41, 5.74) is 4.21. The number of carbonyl (C=O) groups is 8. The Morgan fingerprint density at radius 1 is 0.348 bits per heavy atom. The van der Waals surface area contributed by atoms with Gasteiger partial charge in [-0.1, -0.05) is 48.5 Å². The van der Waals surface area contributed by atoms with E-state index in [-0.39, 0.29) is 172 Å². The van der Waals surface area contributed by atoms with Crippen LogP contribution in [0.4, 0.5) is 0 Å². The number of hydrogen-bond acceptors (Lipinski definition) is 20. The monoisotopic (exact) mass is 1250 g/mol. The Morgan fingerprint density at radius 3 is 0.837 bits per heavy atom. The number of nitrogens with zero attached hydrogens (tertiary/aromatic N) is 4. The van der Waals surface area contributed by atoms with Crippen molar-refractivity contribution < 1.29 is 97.4 Å². The van der Waals surface area contributed by atoms with Crippen molar-refractivity contribution in [2.45, 2.75) is 78.4 Å². The van der Waals surface area contributed by atoms with E-state index in [2.05, 4.69) is 9.97 Å². The number of aromatic nitrogens is 4. The summed E-state index contributed by atoms with van der Waals surface area (Å²) in [4.78, 5) is 121. The highest BCUT2D eigenvalue weighted by Crippen LogP contribution is 2.41. The molecular weight excluding hydrogens is 1190 g/mol. The fourth-order valence-electron chi connectivity index (χ4n) is 11.1. The van der Waals surface area contributed by atoms with Crippen molar-refractivity contribution >= 4 is 47.8 Å². The topological polar surface area (TPSA) is 365 Å². The molecule has 4 aromatic heterocycles. The first-order chi connectivity index (χ1) is 43.9. The maximum Gasteiger partial charge on any atom is 0.337 e. The predicted molar refractivity (Wildman–Crippen MR) is 324 cm³/mol. The van der Waals surface area contributed by atoms with E-state index in [1.807, 2.05) is 0 Å². The number of aliphatic carboxylic acids is 4. The first-order valence-electron chi connectivity index (χ1n) is 28.3. The number of aromatic hydroxyl groups is 2. The van der Waals surface area contributed by atoms with Crippen molar-refractivity contribution in [2.75, 3.05) is 28.4 Å². The third kappa shape index (κ3) is 15.5. The molecule has 0 atom stereocenters. The minimum Gasteiger partial charge on any atom is -0.507 e. The molecule has 0 radical (unpaired) electrons. The van der Waals surface area contributed by atoms with Gasteiger partial charge in [-0.3, -0.25) is 29.1 Å². The van der Waals surface area contributed by atoms with Gasteiger partial charge in [-0.15, -0.1) is 0 Å². The highest BCUT2D eigenvalue weighted by Gasteiger charge is 2.27. The smallest absolute Gasteiger partial charge is 0.337 e. The molecule has 4 heterocycles. The van der Waals surface area contributed by atoms with Gasteiger partial charge in [-0.2, -0.15) is 0 Å². The van der Waals surface area contributed by atoms with Crippen LogP contribution in [0.1, 0.15) is 131 Å². The maximum atomic E-state index is 13.3. The Labute approximate surface area is 524 Å². The third-order valence-corrected chi connectivity index (χ3v) is 14.8. The molecule has 92 heavy (non-hydrogen) atoms. The van der Waals surface area contributed by atoms with E-state index < -0.39 is 86.7 Å². The SMILES string of the molecule is COC(=O)c1cc(C)nc(-c2cc(C(=O)OC)cc(COc3c4cc(CC(=O)O)cc3Cc3cc(CC(=O)O)cc(c3O)Cc3cc(CC(=O)O)cc(c3OCc3cc(C(=O)OC)cc(-c5cc(C(=O)OC)cc(C)n5)n3)Cc3cc(CC(=O)O)cc(c3O)C4)n2)c1. The molecule has 6 N–H and O–H groups in total. The molecule has 1 aliphatic rings. The molecule has 0 saturated carbocycles. The van der Waals surface area contributed by atoms with Crippen LogP contribution in [-0.4, -0.2) is 127 Å². The summed E-state index contributed by atoms with van der Waals surface area (Å²) in [5.74, 6) is -8.41. The lowest BCUT2D eigenvalue weighted by Gasteiger charge is -2.23. The summed E-state index contributed by atoms with van der Waals surface area (Å²) < 4.78 is 33.6. The number of fused-ring (bicyclic) bond motifs is 8. The van der Waals surface area contributed by atoms with Crippen LogP contribution in [0.3, 0.4) is 0 Å². The normalized spacial score (nSPS) is 11.6. The van der Waals surface area contributed by atoms with Crippen LogP contribution in [0.15, 0.2) is 97.1 Å². The quantitative estimate of drug-likeness (QED) is 0.0310. The molecule has 0 fully saturated rings. The van der Waals surface area contributed by atoms with E-state index in [0.717, 1.165) is 0 Å². The molecular formula is C68H60N4O20. The molecule has 24 nitrogen and oxygen atoms in total. The van der Waals surface area contributed by atoms with E-state index in [1.54, 1.807) is 13.8 Å². The number of methoxy groups -OCH3 is 4. The Morgan fingerprint density at radius 2 is 0.587 bits per heavy atom. The highest BCUT2D eigenvalue weighted by atomic mass is 16.5. The van der Waals surface area contributed by atoms with Gasteiger partial charge in [-0.05, 0) is 129 Å². The minimum absolute atomic E-state index is 0.0116. The minimum atomic E-state index is -1.24. The van der Waals surface area contributed by atoms with Crippen molar-refractivity contribution in [3.63, 3.8) is 0 Å². The van der Waals surface area contributed by atoms with E-state index in [0.29, 0.717) is 11.4 Å². The zero-order valence-electron chi connectivity index (χ0n) is 50.5.